The summed E-state index contributed by atoms with van der Waals surface area (Å²) in [6.07, 6.45) is 4.87. The smallest absolute Gasteiger partial charge is 0.0540 e. The molecule has 0 aliphatic heterocycles. The van der Waals surface area contributed by atoms with Crippen molar-refractivity contribution in [2.75, 3.05) is 27.4 Å². The van der Waals surface area contributed by atoms with Crippen LogP contribution < -0.4 is 0 Å². The van der Waals surface area contributed by atoms with E-state index in [1.165, 1.54) is 25.7 Å². The Morgan fingerprint density at radius 3 is 1.41 bits per heavy atom. The molecule has 17 heavy (non-hydrogen) atoms. The molecule has 0 aromatic carbocycles. The van der Waals surface area contributed by atoms with Crippen LogP contribution in [0.15, 0.2) is 0 Å². The van der Waals surface area contributed by atoms with E-state index in [-0.39, 0.29) is 5.41 Å². The minimum absolute atomic E-state index is 0.203. The first-order valence-electron chi connectivity index (χ1n) is 7.01. The molecule has 104 valence electrons. The first kappa shape index (κ1) is 16.9. The standard InChI is InChI=1S/C15H32O2/c1-7-13(3)9-15(11-16-5,12-17-6)10-14(4)8-2/h13-14H,7-12H2,1-6H3. The zero-order chi connectivity index (χ0) is 13.3. The number of hydrogen-bond donors (Lipinski definition) is 0. The van der Waals surface area contributed by atoms with Crippen LogP contribution in [0.4, 0.5) is 0 Å². The quantitative estimate of drug-likeness (QED) is 0.575. The third-order valence-corrected chi connectivity index (χ3v) is 3.86. The molecule has 0 rings (SSSR count). The maximum atomic E-state index is 5.47. The maximum absolute atomic E-state index is 5.47. The van der Waals surface area contributed by atoms with Crippen molar-refractivity contribution in [3.8, 4) is 0 Å². The van der Waals surface area contributed by atoms with Crippen LogP contribution in [-0.4, -0.2) is 27.4 Å². The Morgan fingerprint density at radius 2 is 1.18 bits per heavy atom. The van der Waals surface area contributed by atoms with Gasteiger partial charge in [0.2, 0.25) is 0 Å². The zero-order valence-corrected chi connectivity index (χ0v) is 12.7. The third-order valence-electron chi connectivity index (χ3n) is 3.86. The minimum atomic E-state index is 0.203. The molecule has 0 aliphatic carbocycles. The van der Waals surface area contributed by atoms with Crippen molar-refractivity contribution in [3.05, 3.63) is 0 Å². The molecule has 2 atom stereocenters. The summed E-state index contributed by atoms with van der Waals surface area (Å²) in [7, 11) is 3.61. The molecule has 0 aromatic rings. The van der Waals surface area contributed by atoms with Gasteiger partial charge in [-0.25, -0.2) is 0 Å². The molecule has 2 nitrogen and oxygen atoms in total. The Labute approximate surface area is 108 Å². The summed E-state index contributed by atoms with van der Waals surface area (Å²) in [6.45, 7) is 10.8. The molecular formula is C15H32O2. The minimum Gasteiger partial charge on any atom is -0.384 e. The van der Waals surface area contributed by atoms with Gasteiger partial charge < -0.3 is 9.47 Å². The number of ether oxygens (including phenoxy) is 2. The van der Waals surface area contributed by atoms with Gasteiger partial charge in [0.25, 0.3) is 0 Å². The van der Waals surface area contributed by atoms with Gasteiger partial charge in [0.15, 0.2) is 0 Å². The monoisotopic (exact) mass is 244 g/mol. The molecular weight excluding hydrogens is 212 g/mol. The van der Waals surface area contributed by atoms with Crippen molar-refractivity contribution < 1.29 is 9.47 Å². The average Bonchev–Trinajstić information content (AvgIpc) is 2.29. The first-order valence-corrected chi connectivity index (χ1v) is 7.01. The van der Waals surface area contributed by atoms with E-state index in [1.807, 2.05) is 0 Å². The second kappa shape index (κ2) is 8.93. The van der Waals surface area contributed by atoms with Gasteiger partial charge >= 0.3 is 0 Å². The van der Waals surface area contributed by atoms with Crippen molar-refractivity contribution in [1.29, 1.82) is 0 Å². The fraction of sp³-hybridized carbons (Fsp3) is 1.00. The Balaban J connectivity index is 4.70. The van der Waals surface area contributed by atoms with Gasteiger partial charge in [-0.05, 0) is 24.7 Å². The second-order valence-electron chi connectivity index (χ2n) is 5.80. The topological polar surface area (TPSA) is 18.5 Å². The van der Waals surface area contributed by atoms with Gasteiger partial charge in [-0.1, -0.05) is 40.5 Å². The molecule has 0 heterocycles. The Hall–Kier alpha value is -0.0800. The molecule has 2 heteroatoms. The van der Waals surface area contributed by atoms with Crippen LogP contribution >= 0.6 is 0 Å². The van der Waals surface area contributed by atoms with Crippen LogP contribution in [0.1, 0.15) is 53.4 Å². The van der Waals surface area contributed by atoms with E-state index in [2.05, 4.69) is 27.7 Å². The molecule has 0 radical (unpaired) electrons. The fourth-order valence-corrected chi connectivity index (χ4v) is 2.74. The molecule has 0 saturated heterocycles. The van der Waals surface area contributed by atoms with Gasteiger partial charge in [-0.2, -0.15) is 0 Å². The largest absolute Gasteiger partial charge is 0.384 e. The Bertz CT molecular complexity index is 160. The van der Waals surface area contributed by atoms with E-state index < -0.39 is 0 Å². The van der Waals surface area contributed by atoms with E-state index in [9.17, 15) is 0 Å². The maximum Gasteiger partial charge on any atom is 0.0540 e. The van der Waals surface area contributed by atoms with Gasteiger partial charge in [-0.3, -0.25) is 0 Å². The first-order chi connectivity index (χ1) is 8.03. The normalized spacial score (nSPS) is 15.9. The van der Waals surface area contributed by atoms with E-state index >= 15 is 0 Å². The summed E-state index contributed by atoms with van der Waals surface area (Å²) in [5, 5.41) is 0. The fourth-order valence-electron chi connectivity index (χ4n) is 2.74. The molecule has 2 unspecified atom stereocenters. The molecule has 0 bridgehead atoms. The third kappa shape index (κ3) is 6.42. The summed E-state index contributed by atoms with van der Waals surface area (Å²) < 4.78 is 10.9. The highest BCUT2D eigenvalue weighted by Crippen LogP contribution is 2.36. The second-order valence-corrected chi connectivity index (χ2v) is 5.80. The predicted octanol–water partition coefficient (Wildman–Crippen LogP) is 4.14. The van der Waals surface area contributed by atoms with Gasteiger partial charge in [0.1, 0.15) is 0 Å². The van der Waals surface area contributed by atoms with E-state index in [0.717, 1.165) is 25.0 Å². The molecule has 0 spiro atoms. The highest BCUT2D eigenvalue weighted by Gasteiger charge is 2.33. The van der Waals surface area contributed by atoms with Gasteiger partial charge in [0, 0.05) is 19.6 Å². The highest BCUT2D eigenvalue weighted by molar-refractivity contribution is 4.82. The summed E-state index contributed by atoms with van der Waals surface area (Å²) in [4.78, 5) is 0. The van der Waals surface area contributed by atoms with Gasteiger partial charge in [-0.15, -0.1) is 0 Å². The summed E-state index contributed by atoms with van der Waals surface area (Å²) in [5.74, 6) is 1.48. The van der Waals surface area contributed by atoms with Crippen molar-refractivity contribution in [3.63, 3.8) is 0 Å². The van der Waals surface area contributed by atoms with E-state index in [4.69, 9.17) is 9.47 Å². The molecule has 0 saturated carbocycles. The SMILES string of the molecule is CCC(C)CC(COC)(COC)CC(C)CC. The summed E-state index contributed by atoms with van der Waals surface area (Å²) in [5.41, 5.74) is 0.203. The molecule has 0 N–H and O–H groups in total. The lowest BCUT2D eigenvalue weighted by Crippen LogP contribution is -2.35. The van der Waals surface area contributed by atoms with E-state index in [0.29, 0.717) is 0 Å². The van der Waals surface area contributed by atoms with Crippen LogP contribution in [-0.2, 0) is 9.47 Å². The summed E-state index contributed by atoms with van der Waals surface area (Å²) in [6, 6.07) is 0. The lowest BCUT2D eigenvalue weighted by atomic mass is 9.73. The van der Waals surface area contributed by atoms with Crippen molar-refractivity contribution in [2.45, 2.75) is 53.4 Å². The number of rotatable bonds is 10. The molecule has 0 aliphatic rings. The highest BCUT2D eigenvalue weighted by atomic mass is 16.5. The zero-order valence-electron chi connectivity index (χ0n) is 12.7. The van der Waals surface area contributed by atoms with Crippen LogP contribution in [0.3, 0.4) is 0 Å². The van der Waals surface area contributed by atoms with Crippen molar-refractivity contribution in [2.24, 2.45) is 17.3 Å². The van der Waals surface area contributed by atoms with Crippen molar-refractivity contribution >= 4 is 0 Å². The molecule has 0 fully saturated rings. The Morgan fingerprint density at radius 1 is 0.824 bits per heavy atom. The van der Waals surface area contributed by atoms with Crippen molar-refractivity contribution in [1.82, 2.24) is 0 Å². The summed E-state index contributed by atoms with van der Waals surface area (Å²) >= 11 is 0. The van der Waals surface area contributed by atoms with Crippen LogP contribution in [0.5, 0.6) is 0 Å². The predicted molar refractivity (Wildman–Crippen MR) is 74.3 cm³/mol. The Kier molecular flexibility index (Phi) is 8.89. The molecule has 0 amide bonds. The molecule has 0 aromatic heterocycles. The lowest BCUT2D eigenvalue weighted by Gasteiger charge is -2.36. The van der Waals surface area contributed by atoms with Crippen LogP contribution in [0, 0.1) is 17.3 Å². The lowest BCUT2D eigenvalue weighted by molar-refractivity contribution is -0.0195. The van der Waals surface area contributed by atoms with Crippen LogP contribution in [0.25, 0.3) is 0 Å². The average molecular weight is 244 g/mol. The number of methoxy groups -OCH3 is 2. The van der Waals surface area contributed by atoms with Crippen LogP contribution in [0.2, 0.25) is 0 Å². The van der Waals surface area contributed by atoms with Gasteiger partial charge in [0.05, 0.1) is 13.2 Å². The van der Waals surface area contributed by atoms with E-state index in [1.54, 1.807) is 14.2 Å². The number of hydrogen-bond acceptors (Lipinski definition) is 2.